The van der Waals surface area contributed by atoms with Crippen LogP contribution < -0.4 is 16.6 Å². The topological polar surface area (TPSA) is 108 Å². The molecule has 1 amide bonds. The molecular weight excluding hydrogens is 290 g/mol. The fourth-order valence-electron chi connectivity index (χ4n) is 1.62. The summed E-state index contributed by atoms with van der Waals surface area (Å²) in [5.74, 6) is 4.88. The molecule has 0 fully saturated rings. The van der Waals surface area contributed by atoms with Crippen molar-refractivity contribution in [2.75, 3.05) is 6.54 Å². The molecule has 2 aromatic heterocycles. The molecule has 21 heavy (non-hydrogen) atoms. The Labute approximate surface area is 124 Å². The Hall–Kier alpha value is -2.56. The second-order valence-electron chi connectivity index (χ2n) is 4.11. The highest BCUT2D eigenvalue weighted by molar-refractivity contribution is 7.10. The van der Waals surface area contributed by atoms with Gasteiger partial charge in [0.05, 0.1) is 18.7 Å². The molecule has 0 bridgehead atoms. The van der Waals surface area contributed by atoms with Crippen molar-refractivity contribution in [2.24, 2.45) is 5.73 Å². The van der Waals surface area contributed by atoms with Crippen LogP contribution in [0.3, 0.4) is 0 Å². The maximum absolute atomic E-state index is 11.9. The zero-order valence-electron chi connectivity index (χ0n) is 11.0. The fourth-order valence-corrected chi connectivity index (χ4v) is 2.38. The number of thiophene rings is 1. The Balaban J connectivity index is 2.00. The van der Waals surface area contributed by atoms with E-state index in [9.17, 15) is 14.7 Å². The van der Waals surface area contributed by atoms with Crippen molar-refractivity contribution in [1.82, 2.24) is 10.3 Å². The number of amides is 1. The molecule has 0 saturated heterocycles. The number of aromatic amines is 1. The molecular formula is C14H13N3O3S. The van der Waals surface area contributed by atoms with Gasteiger partial charge in [0.25, 0.3) is 11.5 Å². The van der Waals surface area contributed by atoms with E-state index < -0.39 is 11.5 Å². The molecule has 2 rings (SSSR count). The van der Waals surface area contributed by atoms with Crippen molar-refractivity contribution >= 4 is 17.2 Å². The minimum atomic E-state index is -0.532. The van der Waals surface area contributed by atoms with E-state index in [4.69, 9.17) is 5.73 Å². The number of hydrogen-bond acceptors (Lipinski definition) is 5. The first-order valence-corrected chi connectivity index (χ1v) is 6.94. The fraction of sp³-hybridized carbons (Fsp3) is 0.143. The summed E-state index contributed by atoms with van der Waals surface area (Å²) < 4.78 is 0. The zero-order valence-corrected chi connectivity index (χ0v) is 11.8. The molecule has 2 heterocycles. The predicted octanol–water partition coefficient (Wildman–Crippen LogP) is 0.382. The number of carbonyl (C=O) groups is 1. The van der Waals surface area contributed by atoms with Gasteiger partial charge in [0.15, 0.2) is 5.88 Å². The van der Waals surface area contributed by atoms with Gasteiger partial charge in [-0.05, 0) is 6.07 Å². The van der Waals surface area contributed by atoms with Crippen LogP contribution in [0.2, 0.25) is 0 Å². The predicted molar refractivity (Wildman–Crippen MR) is 80.1 cm³/mol. The Bertz CT molecular complexity index is 768. The number of nitrogens with one attached hydrogen (secondary N) is 2. The summed E-state index contributed by atoms with van der Waals surface area (Å²) in [6.45, 7) is 0.620. The van der Waals surface area contributed by atoms with E-state index in [-0.39, 0.29) is 11.4 Å². The van der Waals surface area contributed by atoms with Gasteiger partial charge in [0, 0.05) is 28.0 Å². The van der Waals surface area contributed by atoms with Gasteiger partial charge in [-0.25, -0.2) is 0 Å². The smallest absolute Gasteiger partial charge is 0.251 e. The molecule has 5 N–H and O–H groups in total. The first-order valence-electron chi connectivity index (χ1n) is 6.06. The van der Waals surface area contributed by atoms with Crippen LogP contribution in [0.4, 0.5) is 0 Å². The summed E-state index contributed by atoms with van der Waals surface area (Å²) in [5, 5.41) is 13.8. The number of aromatic hydroxyl groups is 1. The van der Waals surface area contributed by atoms with Gasteiger partial charge in [0.2, 0.25) is 0 Å². The lowest BCUT2D eigenvalue weighted by Crippen LogP contribution is -2.23. The lowest BCUT2D eigenvalue weighted by Gasteiger charge is -2.03. The van der Waals surface area contributed by atoms with Gasteiger partial charge in [-0.2, -0.15) is 0 Å². The molecule has 0 aliphatic carbocycles. The largest absolute Gasteiger partial charge is 0.494 e. The first-order chi connectivity index (χ1) is 10.1. The number of rotatable bonds is 3. The highest BCUT2D eigenvalue weighted by Crippen LogP contribution is 2.14. The van der Waals surface area contributed by atoms with Gasteiger partial charge in [-0.15, -0.1) is 11.3 Å². The molecule has 6 nitrogen and oxygen atoms in total. The Morgan fingerprint density at radius 1 is 1.43 bits per heavy atom. The van der Waals surface area contributed by atoms with Crippen LogP contribution in [0.25, 0.3) is 0 Å². The summed E-state index contributed by atoms with van der Waals surface area (Å²) in [7, 11) is 0. The molecule has 0 aromatic carbocycles. The summed E-state index contributed by atoms with van der Waals surface area (Å²) in [6, 6.07) is 4.19. The lowest BCUT2D eigenvalue weighted by molar-refractivity contribution is 0.0950. The third-order valence-electron chi connectivity index (χ3n) is 2.50. The van der Waals surface area contributed by atoms with E-state index >= 15 is 0 Å². The second kappa shape index (κ2) is 6.74. The third kappa shape index (κ3) is 4.21. The van der Waals surface area contributed by atoms with Crippen LogP contribution in [-0.2, 0) is 6.54 Å². The van der Waals surface area contributed by atoms with E-state index in [1.807, 2.05) is 11.4 Å². The molecule has 0 saturated carbocycles. The monoisotopic (exact) mass is 303 g/mol. The van der Waals surface area contributed by atoms with Crippen LogP contribution in [0.5, 0.6) is 5.88 Å². The van der Waals surface area contributed by atoms with Gasteiger partial charge < -0.3 is 16.2 Å². The van der Waals surface area contributed by atoms with Crippen molar-refractivity contribution in [2.45, 2.75) is 6.54 Å². The minimum Gasteiger partial charge on any atom is -0.494 e. The average molecular weight is 303 g/mol. The third-order valence-corrected chi connectivity index (χ3v) is 3.44. The van der Waals surface area contributed by atoms with Crippen molar-refractivity contribution in [3.8, 4) is 17.7 Å². The Morgan fingerprint density at radius 2 is 2.24 bits per heavy atom. The van der Waals surface area contributed by atoms with Gasteiger partial charge in [-0.1, -0.05) is 11.8 Å². The highest BCUT2D eigenvalue weighted by Gasteiger charge is 2.08. The van der Waals surface area contributed by atoms with E-state index in [2.05, 4.69) is 22.1 Å². The molecule has 0 aliphatic rings. The van der Waals surface area contributed by atoms with Crippen molar-refractivity contribution in [3.05, 3.63) is 49.9 Å². The number of aromatic nitrogens is 1. The average Bonchev–Trinajstić information content (AvgIpc) is 2.89. The summed E-state index contributed by atoms with van der Waals surface area (Å²) in [5.41, 5.74) is 5.72. The maximum Gasteiger partial charge on any atom is 0.251 e. The molecule has 2 aromatic rings. The van der Waals surface area contributed by atoms with Crippen LogP contribution in [0, 0.1) is 11.8 Å². The van der Waals surface area contributed by atoms with Crippen molar-refractivity contribution < 1.29 is 9.90 Å². The van der Waals surface area contributed by atoms with Crippen molar-refractivity contribution in [3.63, 3.8) is 0 Å². The van der Waals surface area contributed by atoms with Crippen LogP contribution in [0.15, 0.2) is 28.4 Å². The molecule has 0 unspecified atom stereocenters. The number of H-pyrrole nitrogens is 1. The summed E-state index contributed by atoms with van der Waals surface area (Å²) in [4.78, 5) is 26.1. The van der Waals surface area contributed by atoms with Crippen LogP contribution in [0.1, 0.15) is 20.8 Å². The van der Waals surface area contributed by atoms with Crippen LogP contribution >= 0.6 is 11.3 Å². The zero-order chi connectivity index (χ0) is 15.2. The molecule has 0 aliphatic heterocycles. The summed E-state index contributed by atoms with van der Waals surface area (Å²) in [6.07, 6.45) is 0. The SMILES string of the molecule is NCC#Cc1csc(CNC(=O)c2cc(O)[nH]c(=O)c2)c1. The highest BCUT2D eigenvalue weighted by atomic mass is 32.1. The molecule has 0 radical (unpaired) electrons. The number of hydrogen-bond donors (Lipinski definition) is 4. The Morgan fingerprint density at radius 3 is 2.95 bits per heavy atom. The van der Waals surface area contributed by atoms with Crippen LogP contribution in [-0.4, -0.2) is 22.5 Å². The molecule has 108 valence electrons. The second-order valence-corrected chi connectivity index (χ2v) is 5.10. The van der Waals surface area contributed by atoms with Gasteiger partial charge >= 0.3 is 0 Å². The van der Waals surface area contributed by atoms with Crippen molar-refractivity contribution in [1.29, 1.82) is 0 Å². The standard InChI is InChI=1S/C14H13N3O3S/c15-3-1-2-9-4-11(21-8-9)7-16-14(20)10-5-12(18)17-13(19)6-10/h4-6,8H,3,7,15H2,(H,16,20)(H2,17,18,19). The number of carbonyl (C=O) groups excluding carboxylic acids is 1. The Kier molecular flexibility index (Phi) is 4.77. The lowest BCUT2D eigenvalue weighted by atomic mass is 10.2. The van der Waals surface area contributed by atoms with E-state index in [0.717, 1.165) is 16.5 Å². The minimum absolute atomic E-state index is 0.107. The number of pyridine rings is 1. The van der Waals surface area contributed by atoms with E-state index in [1.54, 1.807) is 0 Å². The van der Waals surface area contributed by atoms with E-state index in [1.165, 1.54) is 17.4 Å². The first kappa shape index (κ1) is 14.8. The number of nitrogens with two attached hydrogens (primary N) is 1. The quantitative estimate of drug-likeness (QED) is 0.615. The summed E-state index contributed by atoms with van der Waals surface area (Å²) >= 11 is 1.47. The van der Waals surface area contributed by atoms with Gasteiger partial charge in [0.1, 0.15) is 0 Å². The molecule has 0 spiro atoms. The maximum atomic E-state index is 11.9. The van der Waals surface area contributed by atoms with Gasteiger partial charge in [-0.3, -0.25) is 14.6 Å². The molecule has 0 atom stereocenters. The normalized spacial score (nSPS) is 9.76. The molecule has 7 heteroatoms. The van der Waals surface area contributed by atoms with E-state index in [0.29, 0.717) is 13.1 Å².